The van der Waals surface area contributed by atoms with Crippen LogP contribution < -0.4 is 5.73 Å². The van der Waals surface area contributed by atoms with E-state index in [0.29, 0.717) is 35.1 Å². The normalized spacial score (nSPS) is 26.0. The van der Waals surface area contributed by atoms with E-state index in [1.54, 1.807) is 10.8 Å². The molecule has 4 aromatic rings. The smallest absolute Gasteiger partial charge is 0.164 e. The number of nitrogens with zero attached hydrogens (tertiary/aromatic N) is 6. The van der Waals surface area contributed by atoms with Gasteiger partial charge in [-0.2, -0.15) is 5.26 Å². The Bertz CT molecular complexity index is 1660. The molecule has 1 aromatic carbocycles. The summed E-state index contributed by atoms with van der Waals surface area (Å²) in [5.74, 6) is 1.83. The molecule has 0 spiro atoms. The number of nitrogens with one attached hydrogen (secondary N) is 1. The van der Waals surface area contributed by atoms with Crippen LogP contribution >= 0.6 is 0 Å². The number of nitrogen functional groups attached to an aromatic ring is 1. The Morgan fingerprint density at radius 2 is 1.98 bits per heavy atom. The number of rotatable bonds is 8. The summed E-state index contributed by atoms with van der Waals surface area (Å²) in [5, 5.41) is 32.1. The topological polar surface area (TPSA) is 162 Å². The van der Waals surface area contributed by atoms with Crippen molar-refractivity contribution in [1.29, 1.82) is 5.26 Å². The van der Waals surface area contributed by atoms with E-state index in [4.69, 9.17) is 15.5 Å². The Labute approximate surface area is 251 Å². The zero-order valence-electron chi connectivity index (χ0n) is 25.5. The summed E-state index contributed by atoms with van der Waals surface area (Å²) in [4.78, 5) is 19.0. The molecule has 2 aliphatic rings. The summed E-state index contributed by atoms with van der Waals surface area (Å²) in [6.45, 7) is 11.5. The summed E-state index contributed by atoms with van der Waals surface area (Å²) < 4.78 is 7.85. The minimum Gasteiger partial charge on any atom is -0.387 e. The van der Waals surface area contributed by atoms with Crippen molar-refractivity contribution < 1.29 is 14.9 Å². The predicted molar refractivity (Wildman–Crippen MR) is 164 cm³/mol. The quantitative estimate of drug-likeness (QED) is 0.241. The third kappa shape index (κ3) is 5.49. The fraction of sp³-hybridized carbons (Fsp3) is 0.562. The molecule has 11 heteroatoms. The van der Waals surface area contributed by atoms with Gasteiger partial charge in [0.2, 0.25) is 0 Å². The van der Waals surface area contributed by atoms with Crippen molar-refractivity contribution in [1.82, 2.24) is 29.4 Å². The number of aliphatic hydroxyl groups excluding tert-OH is 2. The van der Waals surface area contributed by atoms with Crippen molar-refractivity contribution in [2.45, 2.75) is 102 Å². The highest BCUT2D eigenvalue weighted by Gasteiger charge is 2.46. The molecule has 4 atom stereocenters. The van der Waals surface area contributed by atoms with Crippen molar-refractivity contribution in [3.63, 3.8) is 0 Å². The highest BCUT2D eigenvalue weighted by Crippen LogP contribution is 2.39. The predicted octanol–water partition coefficient (Wildman–Crippen LogP) is 3.80. The largest absolute Gasteiger partial charge is 0.387 e. The lowest BCUT2D eigenvalue weighted by molar-refractivity contribution is -0.0618. The molecule has 1 aliphatic carbocycles. The van der Waals surface area contributed by atoms with Crippen LogP contribution in [0.25, 0.3) is 22.1 Å². The fourth-order valence-corrected chi connectivity index (χ4v) is 6.68. The summed E-state index contributed by atoms with van der Waals surface area (Å²) in [5.41, 5.74) is 10.2. The SMILES string of the molecule is CC(C)N(CC1OC(n2cc(C#N)c3c(N)ncnc32)C(O)C1O)C1CC(CCc2nc3ccc(C(C)(C)C)cc3[nH]2)C1. The molecule has 2 fully saturated rings. The first-order valence-electron chi connectivity index (χ1n) is 15.2. The average Bonchev–Trinajstić information content (AvgIpc) is 3.60. The van der Waals surface area contributed by atoms with Gasteiger partial charge in [0, 0.05) is 31.2 Å². The second-order valence-electron chi connectivity index (χ2n) is 13.6. The maximum absolute atomic E-state index is 11.0. The number of nitrogens with two attached hydrogens (primary N) is 1. The number of fused-ring (bicyclic) bond motifs is 2. The van der Waals surface area contributed by atoms with Crippen LogP contribution in [-0.4, -0.2) is 76.6 Å². The molecular formula is C32H42N8O3. The van der Waals surface area contributed by atoms with Crippen molar-refractivity contribution in [2.24, 2.45) is 5.92 Å². The molecule has 228 valence electrons. The number of aromatic nitrogens is 5. The van der Waals surface area contributed by atoms with Crippen molar-refractivity contribution in [2.75, 3.05) is 12.3 Å². The van der Waals surface area contributed by atoms with Crippen LogP contribution in [0.3, 0.4) is 0 Å². The lowest BCUT2D eigenvalue weighted by Gasteiger charge is -2.46. The van der Waals surface area contributed by atoms with Gasteiger partial charge in [-0.25, -0.2) is 15.0 Å². The molecule has 43 heavy (non-hydrogen) atoms. The molecule has 6 rings (SSSR count). The van der Waals surface area contributed by atoms with Crippen molar-refractivity contribution in [3.8, 4) is 6.07 Å². The number of aliphatic hydroxyl groups is 2. The van der Waals surface area contributed by atoms with Crippen molar-refractivity contribution >= 4 is 27.9 Å². The molecule has 1 saturated heterocycles. The van der Waals surface area contributed by atoms with Gasteiger partial charge in [0.1, 0.15) is 48.0 Å². The van der Waals surface area contributed by atoms with Gasteiger partial charge in [-0.1, -0.05) is 26.8 Å². The fourth-order valence-electron chi connectivity index (χ4n) is 6.68. The monoisotopic (exact) mass is 586 g/mol. The van der Waals surface area contributed by atoms with E-state index in [1.165, 1.54) is 11.9 Å². The van der Waals surface area contributed by atoms with Crippen LogP contribution in [0.4, 0.5) is 5.82 Å². The van der Waals surface area contributed by atoms with E-state index in [2.05, 4.69) is 78.7 Å². The first-order chi connectivity index (χ1) is 20.4. The number of hydrogen-bond donors (Lipinski definition) is 4. The third-order valence-corrected chi connectivity index (χ3v) is 9.29. The second kappa shape index (κ2) is 11.2. The van der Waals surface area contributed by atoms with Gasteiger partial charge >= 0.3 is 0 Å². The molecule has 11 nitrogen and oxygen atoms in total. The second-order valence-corrected chi connectivity index (χ2v) is 13.6. The van der Waals surface area contributed by atoms with Gasteiger partial charge in [0.05, 0.1) is 22.0 Å². The minimum atomic E-state index is -1.19. The van der Waals surface area contributed by atoms with Crippen LogP contribution in [0.1, 0.15) is 77.1 Å². The van der Waals surface area contributed by atoms with Gasteiger partial charge in [-0.05, 0) is 62.1 Å². The minimum absolute atomic E-state index is 0.0995. The number of hydrogen-bond acceptors (Lipinski definition) is 9. The Kier molecular flexibility index (Phi) is 7.67. The number of aromatic amines is 1. The van der Waals surface area contributed by atoms with Crippen LogP contribution in [0.2, 0.25) is 0 Å². The van der Waals surface area contributed by atoms with Crippen LogP contribution in [-0.2, 0) is 16.6 Å². The zero-order valence-corrected chi connectivity index (χ0v) is 25.5. The van der Waals surface area contributed by atoms with Gasteiger partial charge in [-0.15, -0.1) is 0 Å². The van der Waals surface area contributed by atoms with E-state index >= 15 is 0 Å². The van der Waals surface area contributed by atoms with E-state index < -0.39 is 24.5 Å². The standard InChI is InChI=1S/C32H42N8O3/c1-17(2)39(21-10-18(11-21)6-9-25-37-22-8-7-20(32(3,4)5)12-23(22)38-25)15-24-27(41)28(42)31(43-24)40-14-19(13-33)26-29(34)35-16-36-30(26)40/h7-8,12,14,16-18,21,24,27-28,31,41-42H,6,9-11,15H2,1-5H3,(H,37,38)(H2,34,35,36). The average molecular weight is 587 g/mol. The zero-order chi connectivity index (χ0) is 30.6. The molecule has 0 bridgehead atoms. The van der Waals surface area contributed by atoms with Gasteiger partial charge < -0.3 is 30.2 Å². The van der Waals surface area contributed by atoms with Crippen LogP contribution in [0, 0.1) is 17.2 Å². The Balaban J connectivity index is 1.08. The number of imidazole rings is 1. The Morgan fingerprint density at radius 1 is 1.21 bits per heavy atom. The number of H-pyrrole nitrogens is 1. The molecule has 3 aromatic heterocycles. The van der Waals surface area contributed by atoms with Crippen LogP contribution in [0.15, 0.2) is 30.7 Å². The first-order valence-corrected chi connectivity index (χ1v) is 15.2. The van der Waals surface area contributed by atoms with E-state index in [0.717, 1.165) is 42.5 Å². The van der Waals surface area contributed by atoms with Gasteiger partial charge in [-0.3, -0.25) is 4.90 Å². The Morgan fingerprint density at radius 3 is 2.67 bits per heavy atom. The summed E-state index contributed by atoms with van der Waals surface area (Å²) in [7, 11) is 0. The molecule has 0 amide bonds. The molecule has 1 aliphatic heterocycles. The van der Waals surface area contributed by atoms with Gasteiger partial charge in [0.25, 0.3) is 0 Å². The van der Waals surface area contributed by atoms with E-state index in [-0.39, 0.29) is 17.3 Å². The van der Waals surface area contributed by atoms with Crippen LogP contribution in [0.5, 0.6) is 0 Å². The van der Waals surface area contributed by atoms with E-state index in [9.17, 15) is 15.5 Å². The third-order valence-electron chi connectivity index (χ3n) is 9.29. The molecule has 5 N–H and O–H groups in total. The summed E-state index contributed by atoms with van der Waals surface area (Å²) >= 11 is 0. The van der Waals surface area contributed by atoms with Gasteiger partial charge in [0.15, 0.2) is 6.23 Å². The number of aryl methyl sites for hydroxylation is 1. The first kappa shape index (κ1) is 29.5. The highest BCUT2D eigenvalue weighted by molar-refractivity contribution is 5.92. The number of benzene rings is 1. The molecular weight excluding hydrogens is 544 g/mol. The van der Waals surface area contributed by atoms with E-state index in [1.807, 2.05) is 0 Å². The molecule has 0 radical (unpaired) electrons. The van der Waals surface area contributed by atoms with Crippen molar-refractivity contribution in [3.05, 3.63) is 47.7 Å². The maximum Gasteiger partial charge on any atom is 0.164 e. The lowest BCUT2D eigenvalue weighted by Crippen LogP contribution is -2.52. The summed E-state index contributed by atoms with van der Waals surface area (Å²) in [6.07, 6.45) is 3.24. The maximum atomic E-state index is 11.0. The number of anilines is 1. The number of ether oxygens (including phenoxy) is 1. The Hall–Kier alpha value is -3.56. The number of nitriles is 1. The molecule has 4 heterocycles. The summed E-state index contributed by atoms with van der Waals surface area (Å²) in [6, 6.07) is 9.24. The molecule has 4 unspecified atom stereocenters. The lowest BCUT2D eigenvalue weighted by atomic mass is 9.76. The highest BCUT2D eigenvalue weighted by atomic mass is 16.6. The molecule has 1 saturated carbocycles.